The fourth-order valence-electron chi connectivity index (χ4n) is 1.36. The number of rotatable bonds is 5. The summed E-state index contributed by atoms with van der Waals surface area (Å²) in [6.07, 6.45) is 2.83. The van der Waals surface area contributed by atoms with Crippen LogP contribution >= 0.6 is 11.8 Å². The molecule has 1 aromatic rings. The standard InChI is InChI=1S/C11H22N4S/c1-5-6-15-10(7-13-14-15)9(12)8-16-11(2,3)4/h7,9H,5-6,8,12H2,1-4H3. The van der Waals surface area contributed by atoms with E-state index in [0.29, 0.717) is 0 Å². The molecular formula is C11H22N4S. The van der Waals surface area contributed by atoms with Crippen LogP contribution in [0.15, 0.2) is 6.20 Å². The maximum Gasteiger partial charge on any atom is 0.0762 e. The number of aryl methyl sites for hydroxylation is 1. The molecule has 0 aliphatic rings. The van der Waals surface area contributed by atoms with Crippen LogP contribution in [0.4, 0.5) is 0 Å². The van der Waals surface area contributed by atoms with E-state index < -0.39 is 0 Å². The number of thioether (sulfide) groups is 1. The van der Waals surface area contributed by atoms with Crippen molar-refractivity contribution < 1.29 is 0 Å². The lowest BCUT2D eigenvalue weighted by atomic mass is 10.2. The summed E-state index contributed by atoms with van der Waals surface area (Å²) in [5.41, 5.74) is 7.20. The van der Waals surface area contributed by atoms with Crippen LogP contribution in [0, 0.1) is 0 Å². The smallest absolute Gasteiger partial charge is 0.0762 e. The fourth-order valence-corrected chi connectivity index (χ4v) is 2.21. The summed E-state index contributed by atoms with van der Waals surface area (Å²) in [7, 11) is 0. The minimum absolute atomic E-state index is 0.0192. The molecule has 0 aliphatic heterocycles. The quantitative estimate of drug-likeness (QED) is 0.860. The minimum atomic E-state index is 0.0192. The molecule has 0 fully saturated rings. The zero-order valence-corrected chi connectivity index (χ0v) is 11.4. The van der Waals surface area contributed by atoms with Gasteiger partial charge in [-0.2, -0.15) is 11.8 Å². The van der Waals surface area contributed by atoms with Gasteiger partial charge in [-0.1, -0.05) is 32.9 Å². The topological polar surface area (TPSA) is 56.7 Å². The third-order valence-electron chi connectivity index (χ3n) is 2.16. The van der Waals surface area contributed by atoms with Crippen molar-refractivity contribution in [3.05, 3.63) is 11.9 Å². The van der Waals surface area contributed by atoms with Crippen LogP contribution in [-0.2, 0) is 6.54 Å². The van der Waals surface area contributed by atoms with E-state index in [1.165, 1.54) is 0 Å². The van der Waals surface area contributed by atoms with Gasteiger partial charge in [0.2, 0.25) is 0 Å². The van der Waals surface area contributed by atoms with Crippen molar-refractivity contribution in [2.75, 3.05) is 5.75 Å². The van der Waals surface area contributed by atoms with Crippen LogP contribution in [0.1, 0.15) is 45.9 Å². The number of nitrogens with zero attached hydrogens (tertiary/aromatic N) is 3. The summed E-state index contributed by atoms with van der Waals surface area (Å²) < 4.78 is 2.16. The van der Waals surface area contributed by atoms with Crippen molar-refractivity contribution in [2.45, 2.75) is 51.4 Å². The molecule has 0 amide bonds. The largest absolute Gasteiger partial charge is 0.322 e. The van der Waals surface area contributed by atoms with Gasteiger partial charge >= 0.3 is 0 Å². The van der Waals surface area contributed by atoms with Gasteiger partial charge in [0.15, 0.2) is 0 Å². The van der Waals surface area contributed by atoms with Crippen molar-refractivity contribution in [1.29, 1.82) is 0 Å². The first-order valence-corrected chi connectivity index (χ1v) is 6.70. The van der Waals surface area contributed by atoms with Gasteiger partial charge in [0, 0.05) is 17.0 Å². The lowest BCUT2D eigenvalue weighted by Gasteiger charge is -2.20. The maximum atomic E-state index is 6.16. The van der Waals surface area contributed by atoms with Crippen LogP contribution in [0.3, 0.4) is 0 Å². The van der Waals surface area contributed by atoms with E-state index >= 15 is 0 Å². The average molecular weight is 242 g/mol. The highest BCUT2D eigenvalue weighted by atomic mass is 32.2. The maximum absolute atomic E-state index is 6.16. The molecule has 0 aliphatic carbocycles. The highest BCUT2D eigenvalue weighted by Gasteiger charge is 2.17. The number of aromatic nitrogens is 3. The summed E-state index contributed by atoms with van der Waals surface area (Å²) in [6, 6.07) is 0.0192. The van der Waals surface area contributed by atoms with Crippen LogP contribution in [-0.4, -0.2) is 25.5 Å². The molecule has 5 heteroatoms. The zero-order valence-electron chi connectivity index (χ0n) is 10.6. The van der Waals surface area contributed by atoms with Gasteiger partial charge in [0.25, 0.3) is 0 Å². The summed E-state index contributed by atoms with van der Waals surface area (Å²) in [6.45, 7) is 9.62. The van der Waals surface area contributed by atoms with Gasteiger partial charge in [0.1, 0.15) is 0 Å². The molecule has 92 valence electrons. The first-order chi connectivity index (χ1) is 7.44. The Labute approximate surface area is 102 Å². The minimum Gasteiger partial charge on any atom is -0.322 e. The summed E-state index contributed by atoms with van der Waals surface area (Å²) in [5.74, 6) is 0.903. The SMILES string of the molecule is CCCn1nncc1C(N)CSC(C)(C)C. The van der Waals surface area contributed by atoms with E-state index in [1.54, 1.807) is 6.20 Å². The molecule has 0 spiro atoms. The highest BCUT2D eigenvalue weighted by Crippen LogP contribution is 2.27. The molecule has 1 rings (SSSR count). The molecule has 4 nitrogen and oxygen atoms in total. The third-order valence-corrected chi connectivity index (χ3v) is 3.55. The lowest BCUT2D eigenvalue weighted by molar-refractivity contribution is 0.538. The molecule has 0 aromatic carbocycles. The second kappa shape index (κ2) is 5.68. The molecule has 2 N–H and O–H groups in total. The molecular weight excluding hydrogens is 220 g/mol. The second-order valence-electron chi connectivity index (χ2n) is 4.91. The molecule has 1 heterocycles. The third kappa shape index (κ3) is 4.14. The predicted octanol–water partition coefficient (Wildman–Crippen LogP) is 2.22. The Balaban J connectivity index is 2.58. The van der Waals surface area contributed by atoms with Crippen molar-refractivity contribution in [3.63, 3.8) is 0 Å². The van der Waals surface area contributed by atoms with E-state index in [1.807, 2.05) is 16.4 Å². The van der Waals surface area contributed by atoms with Crippen LogP contribution in [0.2, 0.25) is 0 Å². The van der Waals surface area contributed by atoms with Gasteiger partial charge in [-0.15, -0.1) is 5.10 Å². The van der Waals surface area contributed by atoms with E-state index in [0.717, 1.165) is 24.4 Å². The van der Waals surface area contributed by atoms with Crippen LogP contribution in [0.25, 0.3) is 0 Å². The molecule has 0 radical (unpaired) electrons. The van der Waals surface area contributed by atoms with Crippen molar-refractivity contribution >= 4 is 11.8 Å². The zero-order chi connectivity index (χ0) is 12.2. The number of hydrogen-bond acceptors (Lipinski definition) is 4. The second-order valence-corrected chi connectivity index (χ2v) is 6.76. The predicted molar refractivity (Wildman–Crippen MR) is 69.5 cm³/mol. The summed E-state index contributed by atoms with van der Waals surface area (Å²) >= 11 is 1.87. The Kier molecular flexibility index (Phi) is 4.80. The summed E-state index contributed by atoms with van der Waals surface area (Å²) in [4.78, 5) is 0. The van der Waals surface area contributed by atoms with E-state index in [9.17, 15) is 0 Å². The first kappa shape index (κ1) is 13.5. The van der Waals surface area contributed by atoms with Gasteiger partial charge in [0.05, 0.1) is 17.9 Å². The Morgan fingerprint density at radius 3 is 2.75 bits per heavy atom. The van der Waals surface area contributed by atoms with Crippen molar-refractivity contribution in [3.8, 4) is 0 Å². The van der Waals surface area contributed by atoms with Gasteiger partial charge in [-0.05, 0) is 6.42 Å². The van der Waals surface area contributed by atoms with Crippen molar-refractivity contribution in [1.82, 2.24) is 15.0 Å². The van der Waals surface area contributed by atoms with Crippen molar-refractivity contribution in [2.24, 2.45) is 5.73 Å². The number of hydrogen-bond donors (Lipinski definition) is 1. The summed E-state index contributed by atoms with van der Waals surface area (Å²) in [5, 5.41) is 7.98. The Morgan fingerprint density at radius 2 is 2.19 bits per heavy atom. The normalized spacial score (nSPS) is 14.1. The fraction of sp³-hybridized carbons (Fsp3) is 0.818. The van der Waals surface area contributed by atoms with Crippen LogP contribution < -0.4 is 5.73 Å². The molecule has 1 unspecified atom stereocenters. The van der Waals surface area contributed by atoms with Gasteiger partial charge in [-0.25, -0.2) is 4.68 Å². The van der Waals surface area contributed by atoms with E-state index in [-0.39, 0.29) is 10.8 Å². The average Bonchev–Trinajstić information content (AvgIpc) is 2.62. The van der Waals surface area contributed by atoms with Gasteiger partial charge in [-0.3, -0.25) is 0 Å². The van der Waals surface area contributed by atoms with E-state index in [4.69, 9.17) is 5.73 Å². The first-order valence-electron chi connectivity index (χ1n) is 5.72. The molecule has 16 heavy (non-hydrogen) atoms. The molecule has 0 bridgehead atoms. The van der Waals surface area contributed by atoms with Gasteiger partial charge < -0.3 is 5.73 Å². The molecule has 1 aromatic heterocycles. The Hall–Kier alpha value is -0.550. The lowest BCUT2D eigenvalue weighted by Crippen LogP contribution is -2.21. The molecule has 0 saturated carbocycles. The highest BCUT2D eigenvalue weighted by molar-refractivity contribution is 8.00. The van der Waals surface area contributed by atoms with E-state index in [2.05, 4.69) is 38.0 Å². The Bertz CT molecular complexity index is 316. The molecule has 0 saturated heterocycles. The monoisotopic (exact) mass is 242 g/mol. The van der Waals surface area contributed by atoms with Crippen LogP contribution in [0.5, 0.6) is 0 Å². The Morgan fingerprint density at radius 1 is 1.50 bits per heavy atom. The number of nitrogens with two attached hydrogens (primary N) is 1. The molecule has 1 atom stereocenters.